The van der Waals surface area contributed by atoms with E-state index in [9.17, 15) is 19.8 Å². The minimum absolute atomic E-state index is 0.0231. The molecule has 1 aromatic heterocycles. The molecule has 0 bridgehead atoms. The van der Waals surface area contributed by atoms with E-state index in [0.29, 0.717) is 17.6 Å². The van der Waals surface area contributed by atoms with Crippen LogP contribution < -0.4 is 10.9 Å². The molecule has 2 rings (SSSR count). The van der Waals surface area contributed by atoms with Crippen LogP contribution in [0.1, 0.15) is 44.7 Å². The zero-order valence-electron chi connectivity index (χ0n) is 14.8. The summed E-state index contributed by atoms with van der Waals surface area (Å²) in [6.07, 6.45) is 2.31. The molecule has 136 valence electrons. The summed E-state index contributed by atoms with van der Waals surface area (Å²) < 4.78 is 5.34. The van der Waals surface area contributed by atoms with Crippen molar-refractivity contribution in [1.29, 1.82) is 0 Å². The lowest BCUT2D eigenvalue weighted by Gasteiger charge is -2.21. The number of carboxylic acid groups (broad SMARTS) is 1. The number of phenolic OH excluding ortho intramolecular Hbond substituents is 1. The molecule has 0 amide bonds. The van der Waals surface area contributed by atoms with Crippen molar-refractivity contribution in [2.24, 2.45) is 5.92 Å². The van der Waals surface area contributed by atoms with Gasteiger partial charge in [0, 0.05) is 18.0 Å². The molecule has 3 N–H and O–H groups in total. The van der Waals surface area contributed by atoms with Gasteiger partial charge >= 0.3 is 11.6 Å². The van der Waals surface area contributed by atoms with Crippen LogP contribution in [0.3, 0.4) is 0 Å². The summed E-state index contributed by atoms with van der Waals surface area (Å²) in [6.45, 7) is 5.90. The average Bonchev–Trinajstić information content (AvgIpc) is 2.56. The first-order valence-corrected chi connectivity index (χ1v) is 8.62. The van der Waals surface area contributed by atoms with Crippen molar-refractivity contribution in [1.82, 2.24) is 5.32 Å². The molecular formula is C19H25NO5. The van der Waals surface area contributed by atoms with Crippen LogP contribution in [0.15, 0.2) is 27.4 Å². The molecule has 6 heteroatoms. The van der Waals surface area contributed by atoms with Crippen LogP contribution >= 0.6 is 0 Å². The lowest BCUT2D eigenvalue weighted by molar-refractivity contribution is -0.140. The van der Waals surface area contributed by atoms with Gasteiger partial charge in [-0.3, -0.25) is 10.1 Å². The molecule has 0 aliphatic heterocycles. The second-order valence-corrected chi connectivity index (χ2v) is 6.36. The SMILES string of the molecule is CCCc1cc(=O)oc2c(CN[C@H](C(=O)O)C(C)CC)c(O)ccc12. The van der Waals surface area contributed by atoms with Gasteiger partial charge in [0.05, 0.1) is 5.56 Å². The second kappa shape index (κ2) is 8.16. The maximum Gasteiger partial charge on any atom is 0.336 e. The highest BCUT2D eigenvalue weighted by molar-refractivity contribution is 5.85. The Hall–Kier alpha value is -2.34. The predicted molar refractivity (Wildman–Crippen MR) is 95.9 cm³/mol. The number of rotatable bonds is 8. The quantitative estimate of drug-likeness (QED) is 0.635. The fraction of sp³-hybridized carbons (Fsp3) is 0.474. The van der Waals surface area contributed by atoms with E-state index in [1.165, 1.54) is 6.07 Å². The number of aromatic hydroxyl groups is 1. The molecule has 1 aromatic carbocycles. The lowest BCUT2D eigenvalue weighted by atomic mass is 9.98. The number of carboxylic acids is 1. The van der Waals surface area contributed by atoms with Gasteiger partial charge in [0.2, 0.25) is 0 Å². The van der Waals surface area contributed by atoms with E-state index >= 15 is 0 Å². The van der Waals surface area contributed by atoms with Gasteiger partial charge < -0.3 is 14.6 Å². The van der Waals surface area contributed by atoms with Gasteiger partial charge in [0.1, 0.15) is 17.4 Å². The van der Waals surface area contributed by atoms with Gasteiger partial charge in [0.15, 0.2) is 0 Å². The second-order valence-electron chi connectivity index (χ2n) is 6.36. The molecule has 0 radical (unpaired) electrons. The minimum Gasteiger partial charge on any atom is -0.507 e. The third-order valence-electron chi connectivity index (χ3n) is 4.57. The average molecular weight is 347 g/mol. The molecule has 0 aliphatic carbocycles. The number of carbonyl (C=O) groups is 1. The highest BCUT2D eigenvalue weighted by atomic mass is 16.4. The van der Waals surface area contributed by atoms with Gasteiger partial charge in [-0.15, -0.1) is 0 Å². The minimum atomic E-state index is -0.942. The van der Waals surface area contributed by atoms with E-state index in [-0.39, 0.29) is 18.2 Å². The Morgan fingerprint density at radius 3 is 2.64 bits per heavy atom. The fourth-order valence-electron chi connectivity index (χ4n) is 2.96. The van der Waals surface area contributed by atoms with E-state index < -0.39 is 17.6 Å². The molecular weight excluding hydrogens is 322 g/mol. The molecule has 0 saturated carbocycles. The van der Waals surface area contributed by atoms with Gasteiger partial charge in [-0.1, -0.05) is 33.6 Å². The normalized spacial score (nSPS) is 13.7. The van der Waals surface area contributed by atoms with Crippen LogP contribution in [-0.2, 0) is 17.8 Å². The standard InChI is InChI=1S/C19H25NO5/c1-4-6-12-9-16(22)25-18-13(12)7-8-15(21)14(18)10-20-17(19(23)24)11(3)5-2/h7-9,11,17,20-21H,4-6,10H2,1-3H3,(H,23,24)/t11?,17-/m0/s1. The Morgan fingerprint density at radius 1 is 1.32 bits per heavy atom. The van der Waals surface area contributed by atoms with Crippen LogP contribution in [0.4, 0.5) is 0 Å². The third-order valence-corrected chi connectivity index (χ3v) is 4.57. The molecule has 0 aliphatic rings. The Kier molecular flexibility index (Phi) is 6.20. The Morgan fingerprint density at radius 2 is 2.04 bits per heavy atom. The first-order valence-electron chi connectivity index (χ1n) is 8.62. The number of phenols is 1. The molecule has 1 unspecified atom stereocenters. The van der Waals surface area contributed by atoms with Gasteiger partial charge in [-0.2, -0.15) is 0 Å². The van der Waals surface area contributed by atoms with Crippen molar-refractivity contribution in [3.05, 3.63) is 39.7 Å². The maximum atomic E-state index is 11.9. The van der Waals surface area contributed by atoms with Crippen LogP contribution in [0.5, 0.6) is 5.75 Å². The van der Waals surface area contributed by atoms with Crippen molar-refractivity contribution >= 4 is 16.9 Å². The monoisotopic (exact) mass is 347 g/mol. The topological polar surface area (TPSA) is 99.8 Å². The molecule has 2 aromatic rings. The smallest absolute Gasteiger partial charge is 0.336 e. The number of fused-ring (bicyclic) bond motifs is 1. The predicted octanol–water partition coefficient (Wildman–Crippen LogP) is 3.04. The van der Waals surface area contributed by atoms with Crippen molar-refractivity contribution in [3.63, 3.8) is 0 Å². The van der Waals surface area contributed by atoms with Crippen LogP contribution in [-0.4, -0.2) is 22.2 Å². The van der Waals surface area contributed by atoms with Crippen molar-refractivity contribution < 1.29 is 19.4 Å². The van der Waals surface area contributed by atoms with Crippen LogP contribution in [0.25, 0.3) is 11.0 Å². The Bertz CT molecular complexity index is 811. The Labute approximate surface area is 146 Å². The van der Waals surface area contributed by atoms with Gasteiger partial charge in [0.25, 0.3) is 0 Å². The third kappa shape index (κ3) is 4.20. The number of aliphatic carboxylic acids is 1. The highest BCUT2D eigenvalue weighted by Crippen LogP contribution is 2.29. The van der Waals surface area contributed by atoms with Crippen LogP contribution in [0.2, 0.25) is 0 Å². The summed E-state index contributed by atoms with van der Waals surface area (Å²) in [5, 5.41) is 23.4. The summed E-state index contributed by atoms with van der Waals surface area (Å²) in [5.74, 6) is -1.04. The summed E-state index contributed by atoms with van der Waals surface area (Å²) in [7, 11) is 0. The zero-order valence-corrected chi connectivity index (χ0v) is 14.8. The van der Waals surface area contributed by atoms with Crippen LogP contribution in [0, 0.1) is 5.92 Å². The van der Waals surface area contributed by atoms with Crippen molar-refractivity contribution in [3.8, 4) is 5.75 Å². The molecule has 2 atom stereocenters. The molecule has 0 spiro atoms. The number of benzene rings is 1. The first-order chi connectivity index (χ1) is 11.9. The Balaban J connectivity index is 2.45. The molecule has 1 heterocycles. The van der Waals surface area contributed by atoms with Gasteiger partial charge in [-0.25, -0.2) is 4.79 Å². The van der Waals surface area contributed by atoms with E-state index in [2.05, 4.69) is 5.32 Å². The number of nitrogens with one attached hydrogen (secondary N) is 1. The molecule has 0 saturated heterocycles. The number of hydrogen-bond acceptors (Lipinski definition) is 5. The molecule has 0 fully saturated rings. The molecule has 6 nitrogen and oxygen atoms in total. The van der Waals surface area contributed by atoms with E-state index in [1.54, 1.807) is 12.1 Å². The fourth-order valence-corrected chi connectivity index (χ4v) is 2.96. The number of hydrogen-bond donors (Lipinski definition) is 3. The number of aryl methyl sites for hydroxylation is 1. The highest BCUT2D eigenvalue weighted by Gasteiger charge is 2.24. The van der Waals surface area contributed by atoms with Gasteiger partial charge in [-0.05, 0) is 30.0 Å². The first kappa shape index (κ1) is 19.0. The largest absolute Gasteiger partial charge is 0.507 e. The zero-order chi connectivity index (χ0) is 18.6. The van der Waals surface area contributed by atoms with E-state index in [0.717, 1.165) is 23.8 Å². The summed E-state index contributed by atoms with van der Waals surface area (Å²) in [4.78, 5) is 23.3. The molecule has 25 heavy (non-hydrogen) atoms. The van der Waals surface area contributed by atoms with Crippen molar-refractivity contribution in [2.75, 3.05) is 0 Å². The maximum absolute atomic E-state index is 11.9. The lowest BCUT2D eigenvalue weighted by Crippen LogP contribution is -2.41. The van der Waals surface area contributed by atoms with Crippen molar-refractivity contribution in [2.45, 2.75) is 52.6 Å². The van der Waals surface area contributed by atoms with E-state index in [4.69, 9.17) is 4.42 Å². The summed E-state index contributed by atoms with van der Waals surface area (Å²) in [6, 6.07) is 4.01. The van der Waals surface area contributed by atoms with E-state index in [1.807, 2.05) is 20.8 Å². The summed E-state index contributed by atoms with van der Waals surface area (Å²) in [5.41, 5.74) is 1.12. The summed E-state index contributed by atoms with van der Waals surface area (Å²) >= 11 is 0.